The molecule has 0 amide bonds. The lowest BCUT2D eigenvalue weighted by Crippen LogP contribution is -2.08. The molecule has 0 atom stereocenters. The fourth-order valence-electron chi connectivity index (χ4n) is 0.746. The molecule has 5 heteroatoms. The van der Waals surface area contributed by atoms with Crippen LogP contribution in [0.2, 0.25) is 10.0 Å². The Hall–Kier alpha value is -0.440. The van der Waals surface area contributed by atoms with E-state index < -0.39 is 5.97 Å². The van der Waals surface area contributed by atoms with E-state index in [0.717, 1.165) is 0 Å². The van der Waals surface area contributed by atoms with Crippen molar-refractivity contribution >= 4 is 40.8 Å². The maximum Gasteiger partial charge on any atom is 0.326 e. The number of carbonyl (C=O) groups is 1. The summed E-state index contributed by atoms with van der Waals surface area (Å²) in [6.45, 7) is 0. The monoisotopic (exact) mass is 238 g/mol. The second-order valence-electron chi connectivity index (χ2n) is 2.21. The highest BCUT2D eigenvalue weighted by atomic mass is 35.5. The van der Waals surface area contributed by atoms with Gasteiger partial charge in [-0.25, -0.2) is 0 Å². The van der Waals surface area contributed by atoms with Gasteiger partial charge in [0.05, 0.1) is 0 Å². The van der Waals surface area contributed by atoms with Gasteiger partial charge in [0.2, 0.25) is 0 Å². The Morgan fingerprint density at radius 3 is 2.23 bits per heavy atom. The Morgan fingerprint density at radius 1 is 1.23 bits per heavy atom. The van der Waals surface area contributed by atoms with Gasteiger partial charge in [0, 0.05) is 10.0 Å². The maximum atomic E-state index is 10.8. The molecule has 13 heavy (non-hydrogen) atoms. The van der Waals surface area contributed by atoms with Gasteiger partial charge in [-0.1, -0.05) is 23.2 Å². The highest BCUT2D eigenvalue weighted by molar-refractivity contribution is 6.34. The van der Waals surface area contributed by atoms with Crippen LogP contribution in [0, 0.1) is 0 Å². The maximum absolute atomic E-state index is 10.8. The summed E-state index contributed by atoms with van der Waals surface area (Å²) >= 11 is 16.6. The van der Waals surface area contributed by atoms with Gasteiger partial charge in [-0.05, 0) is 18.2 Å². The summed E-state index contributed by atoms with van der Waals surface area (Å²) < 4.78 is 4.79. The van der Waals surface area contributed by atoms with E-state index in [2.05, 4.69) is 0 Å². The zero-order valence-electron chi connectivity index (χ0n) is 6.39. The van der Waals surface area contributed by atoms with Crippen LogP contribution in [-0.4, -0.2) is 11.8 Å². The molecular formula is C8H5Cl3O2. The molecule has 0 saturated heterocycles. The van der Waals surface area contributed by atoms with Crippen LogP contribution in [0.4, 0.5) is 0 Å². The second kappa shape index (κ2) is 4.70. The summed E-state index contributed by atoms with van der Waals surface area (Å²) in [5.41, 5.74) is 0. The fraction of sp³-hybridized carbons (Fsp3) is 0.125. The lowest BCUT2D eigenvalue weighted by molar-refractivity contribution is -0.131. The van der Waals surface area contributed by atoms with E-state index in [1.807, 2.05) is 0 Å². The number of rotatable bonds is 2. The number of ether oxygens (including phenoxy) is 1. The first-order chi connectivity index (χ1) is 6.11. The van der Waals surface area contributed by atoms with Crippen molar-refractivity contribution in [3.63, 3.8) is 0 Å². The summed E-state index contributed by atoms with van der Waals surface area (Å²) in [7, 11) is 0. The van der Waals surface area contributed by atoms with E-state index in [9.17, 15) is 4.79 Å². The number of benzene rings is 1. The second-order valence-corrected chi connectivity index (χ2v) is 3.35. The first-order valence-corrected chi connectivity index (χ1v) is 4.63. The summed E-state index contributed by atoms with van der Waals surface area (Å²) in [6.07, 6.45) is 0. The third kappa shape index (κ3) is 3.43. The van der Waals surface area contributed by atoms with Crippen molar-refractivity contribution < 1.29 is 9.53 Å². The van der Waals surface area contributed by atoms with Crippen LogP contribution < -0.4 is 4.74 Å². The van der Waals surface area contributed by atoms with Crippen LogP contribution in [0.15, 0.2) is 18.2 Å². The predicted octanol–water partition coefficient (Wildman–Crippen LogP) is 3.14. The molecule has 70 valence electrons. The number of hydrogen-bond acceptors (Lipinski definition) is 2. The zero-order valence-corrected chi connectivity index (χ0v) is 8.66. The largest absolute Gasteiger partial charge is 0.426 e. The molecule has 0 spiro atoms. The van der Waals surface area contributed by atoms with Crippen LogP contribution in [0.5, 0.6) is 5.75 Å². The highest BCUT2D eigenvalue weighted by Crippen LogP contribution is 2.24. The van der Waals surface area contributed by atoms with Crippen molar-refractivity contribution in [1.29, 1.82) is 0 Å². The number of halogens is 3. The number of esters is 1. The van der Waals surface area contributed by atoms with Crippen LogP contribution in [-0.2, 0) is 4.79 Å². The molecular weight excluding hydrogens is 234 g/mol. The van der Waals surface area contributed by atoms with Gasteiger partial charge in [-0.15, -0.1) is 11.6 Å². The topological polar surface area (TPSA) is 26.3 Å². The standard InChI is InChI=1S/C8H5Cl3O2/c9-4-8(12)13-7-2-5(10)1-6(11)3-7/h1-3H,4H2. The Balaban J connectivity index is 2.83. The molecule has 0 fully saturated rings. The minimum Gasteiger partial charge on any atom is -0.426 e. The molecule has 1 rings (SSSR count). The first-order valence-electron chi connectivity index (χ1n) is 3.34. The fourth-order valence-corrected chi connectivity index (χ4v) is 1.31. The molecule has 1 aromatic carbocycles. The van der Waals surface area contributed by atoms with Gasteiger partial charge in [0.1, 0.15) is 11.6 Å². The number of alkyl halides is 1. The lowest BCUT2D eigenvalue weighted by atomic mass is 10.3. The molecule has 0 N–H and O–H groups in total. The molecule has 0 aliphatic heterocycles. The molecule has 0 aliphatic carbocycles. The van der Waals surface area contributed by atoms with Crippen molar-refractivity contribution in [2.45, 2.75) is 0 Å². The average molecular weight is 239 g/mol. The average Bonchev–Trinajstić information content (AvgIpc) is 2.02. The van der Waals surface area contributed by atoms with Crippen LogP contribution in [0.1, 0.15) is 0 Å². The van der Waals surface area contributed by atoms with Gasteiger partial charge >= 0.3 is 5.97 Å². The Labute approximate surface area is 90.3 Å². The van der Waals surface area contributed by atoms with Crippen LogP contribution in [0.3, 0.4) is 0 Å². The van der Waals surface area contributed by atoms with E-state index in [1.54, 1.807) is 6.07 Å². The van der Waals surface area contributed by atoms with E-state index in [0.29, 0.717) is 15.8 Å². The van der Waals surface area contributed by atoms with Crippen molar-refractivity contribution in [2.75, 3.05) is 5.88 Å². The highest BCUT2D eigenvalue weighted by Gasteiger charge is 2.04. The third-order valence-electron chi connectivity index (χ3n) is 1.18. The van der Waals surface area contributed by atoms with Crippen molar-refractivity contribution in [3.05, 3.63) is 28.2 Å². The van der Waals surface area contributed by atoms with Gasteiger partial charge in [0.15, 0.2) is 0 Å². The van der Waals surface area contributed by atoms with Crippen LogP contribution in [0.25, 0.3) is 0 Å². The Kier molecular flexibility index (Phi) is 3.85. The molecule has 0 radical (unpaired) electrons. The van der Waals surface area contributed by atoms with Crippen molar-refractivity contribution in [3.8, 4) is 5.75 Å². The third-order valence-corrected chi connectivity index (χ3v) is 1.83. The number of hydrogen-bond donors (Lipinski definition) is 0. The van der Waals surface area contributed by atoms with Gasteiger partial charge in [-0.2, -0.15) is 0 Å². The van der Waals surface area contributed by atoms with Gasteiger partial charge in [-0.3, -0.25) is 4.79 Å². The smallest absolute Gasteiger partial charge is 0.326 e. The van der Waals surface area contributed by atoms with E-state index in [1.165, 1.54) is 12.1 Å². The molecule has 0 heterocycles. The number of carbonyl (C=O) groups excluding carboxylic acids is 1. The molecule has 1 aromatic rings. The minimum absolute atomic E-state index is 0.204. The summed E-state index contributed by atoms with van der Waals surface area (Å²) in [5, 5.41) is 0.815. The van der Waals surface area contributed by atoms with E-state index in [-0.39, 0.29) is 5.88 Å². The summed E-state index contributed by atoms with van der Waals surface area (Å²) in [5.74, 6) is -0.451. The lowest BCUT2D eigenvalue weighted by Gasteiger charge is -2.02. The Bertz CT molecular complexity index is 305. The molecule has 2 nitrogen and oxygen atoms in total. The zero-order chi connectivity index (χ0) is 9.84. The predicted molar refractivity (Wildman–Crippen MR) is 52.8 cm³/mol. The normalized spacial score (nSPS) is 9.77. The molecule has 0 saturated carbocycles. The summed E-state index contributed by atoms with van der Waals surface area (Å²) in [6, 6.07) is 4.51. The van der Waals surface area contributed by atoms with Gasteiger partial charge < -0.3 is 4.74 Å². The van der Waals surface area contributed by atoms with Crippen molar-refractivity contribution in [1.82, 2.24) is 0 Å². The van der Waals surface area contributed by atoms with E-state index in [4.69, 9.17) is 39.5 Å². The molecule has 0 bridgehead atoms. The minimum atomic E-state index is -0.542. The molecule has 0 aromatic heterocycles. The quantitative estimate of drug-likeness (QED) is 0.450. The van der Waals surface area contributed by atoms with Crippen molar-refractivity contribution in [2.24, 2.45) is 0 Å². The van der Waals surface area contributed by atoms with E-state index >= 15 is 0 Å². The molecule has 0 unspecified atom stereocenters. The SMILES string of the molecule is O=C(CCl)Oc1cc(Cl)cc(Cl)c1. The summed E-state index contributed by atoms with van der Waals surface area (Å²) in [4.78, 5) is 10.8. The first kappa shape index (κ1) is 10.6. The van der Waals surface area contributed by atoms with Crippen LogP contribution >= 0.6 is 34.8 Å². The molecule has 0 aliphatic rings. The Morgan fingerprint density at radius 2 is 1.77 bits per heavy atom. The van der Waals surface area contributed by atoms with Gasteiger partial charge in [0.25, 0.3) is 0 Å².